The summed E-state index contributed by atoms with van der Waals surface area (Å²) in [4.78, 5) is 12.7. The van der Waals surface area contributed by atoms with Crippen molar-refractivity contribution in [2.75, 3.05) is 12.4 Å². The summed E-state index contributed by atoms with van der Waals surface area (Å²) in [5.41, 5.74) is 0.695. The number of carbonyl (C=O) groups excluding carboxylic acids is 1. The molecule has 0 spiro atoms. The van der Waals surface area contributed by atoms with Crippen molar-refractivity contribution in [3.05, 3.63) is 53.1 Å². The van der Waals surface area contributed by atoms with Gasteiger partial charge >= 0.3 is 0 Å². The second-order valence-corrected chi connectivity index (χ2v) is 9.64. The third kappa shape index (κ3) is 5.97. The van der Waals surface area contributed by atoms with Gasteiger partial charge in [-0.25, -0.2) is 13.1 Å². The molecule has 0 radical (unpaired) electrons. The van der Waals surface area contributed by atoms with Crippen molar-refractivity contribution >= 4 is 33.2 Å². The summed E-state index contributed by atoms with van der Waals surface area (Å²) in [5.74, 6) is -0.00490. The quantitative estimate of drug-likeness (QED) is 0.649. The highest BCUT2D eigenvalue weighted by Crippen LogP contribution is 2.29. The zero-order valence-corrected chi connectivity index (χ0v) is 18.6. The van der Waals surface area contributed by atoms with Crippen LogP contribution >= 0.6 is 11.6 Å². The summed E-state index contributed by atoms with van der Waals surface area (Å²) in [6.45, 7) is 0. The van der Waals surface area contributed by atoms with Crippen molar-refractivity contribution in [3.63, 3.8) is 0 Å². The molecule has 3 rings (SSSR count). The van der Waals surface area contributed by atoms with E-state index in [0.29, 0.717) is 16.3 Å². The number of hydrogen-bond acceptors (Lipinski definition) is 4. The molecule has 1 aliphatic carbocycles. The highest BCUT2D eigenvalue weighted by atomic mass is 35.5. The number of nitrogens with one attached hydrogen (secondary N) is 2. The van der Waals surface area contributed by atoms with Crippen LogP contribution in [0.25, 0.3) is 0 Å². The van der Waals surface area contributed by atoms with Gasteiger partial charge in [-0.05, 0) is 55.3 Å². The van der Waals surface area contributed by atoms with Gasteiger partial charge in [-0.1, -0.05) is 43.7 Å². The molecule has 0 bridgehead atoms. The van der Waals surface area contributed by atoms with Gasteiger partial charge in [0.1, 0.15) is 5.75 Å². The predicted molar refractivity (Wildman–Crippen MR) is 119 cm³/mol. The fourth-order valence-electron chi connectivity index (χ4n) is 3.61. The Balaban J connectivity index is 1.80. The second kappa shape index (κ2) is 10.3. The van der Waals surface area contributed by atoms with Crippen molar-refractivity contribution in [1.29, 1.82) is 0 Å². The van der Waals surface area contributed by atoms with Crippen LogP contribution in [0.4, 0.5) is 5.69 Å². The zero-order valence-electron chi connectivity index (χ0n) is 17.0. The van der Waals surface area contributed by atoms with E-state index in [1.807, 2.05) is 0 Å². The topological polar surface area (TPSA) is 84.5 Å². The summed E-state index contributed by atoms with van der Waals surface area (Å²) in [7, 11) is -2.25. The minimum atomic E-state index is -3.72. The molecule has 0 unspecified atom stereocenters. The monoisotopic (exact) mass is 450 g/mol. The van der Waals surface area contributed by atoms with Crippen molar-refractivity contribution in [1.82, 2.24) is 4.72 Å². The third-order valence-electron chi connectivity index (χ3n) is 5.26. The van der Waals surface area contributed by atoms with E-state index in [4.69, 9.17) is 16.3 Å². The first-order valence-corrected chi connectivity index (χ1v) is 12.0. The number of sulfonamides is 1. The molecule has 0 heterocycles. The molecule has 1 saturated carbocycles. The number of methoxy groups -OCH3 is 1. The van der Waals surface area contributed by atoms with E-state index in [1.165, 1.54) is 25.7 Å². The molecule has 162 valence electrons. The number of halogens is 1. The lowest BCUT2D eigenvalue weighted by Crippen LogP contribution is -2.35. The van der Waals surface area contributed by atoms with Crippen LogP contribution in [-0.2, 0) is 10.0 Å². The molecule has 1 fully saturated rings. The standard InChI is InChI=1S/C22H27ClN2O4S/c1-29-21-14-13-19(30(27,28)25-18-7-5-3-2-4-6-8-18)15-20(21)24-22(26)16-9-11-17(23)12-10-16/h9-15,18,25H,2-8H2,1H3,(H,24,26). The number of hydrogen-bond donors (Lipinski definition) is 2. The van der Waals surface area contributed by atoms with Crippen LogP contribution in [-0.4, -0.2) is 27.5 Å². The highest BCUT2D eigenvalue weighted by molar-refractivity contribution is 7.89. The average molecular weight is 451 g/mol. The lowest BCUT2D eigenvalue weighted by atomic mass is 9.97. The Morgan fingerprint density at radius 1 is 1.00 bits per heavy atom. The third-order valence-corrected chi connectivity index (χ3v) is 7.03. The van der Waals surface area contributed by atoms with Crippen molar-refractivity contribution in [3.8, 4) is 5.75 Å². The van der Waals surface area contributed by atoms with Gasteiger partial charge in [0, 0.05) is 16.6 Å². The molecule has 30 heavy (non-hydrogen) atoms. The van der Waals surface area contributed by atoms with Crippen LogP contribution in [0.2, 0.25) is 5.02 Å². The van der Waals surface area contributed by atoms with Crippen molar-refractivity contribution in [2.24, 2.45) is 0 Å². The van der Waals surface area contributed by atoms with E-state index in [-0.39, 0.29) is 22.5 Å². The molecule has 2 aromatic rings. The Hall–Kier alpha value is -2.09. The summed E-state index contributed by atoms with van der Waals surface area (Å²) in [5, 5.41) is 3.26. The van der Waals surface area contributed by atoms with Crippen molar-refractivity contribution < 1.29 is 17.9 Å². The van der Waals surface area contributed by atoms with Crippen LogP contribution < -0.4 is 14.8 Å². The SMILES string of the molecule is COc1ccc(S(=O)(=O)NC2CCCCCCC2)cc1NC(=O)c1ccc(Cl)cc1. The Morgan fingerprint density at radius 2 is 1.63 bits per heavy atom. The first-order valence-electron chi connectivity index (χ1n) is 10.2. The van der Waals surface area contributed by atoms with Gasteiger partial charge in [-0.2, -0.15) is 0 Å². The molecule has 1 aliphatic rings. The normalized spacial score (nSPS) is 15.8. The van der Waals surface area contributed by atoms with Gasteiger partial charge in [0.2, 0.25) is 10.0 Å². The lowest BCUT2D eigenvalue weighted by Gasteiger charge is -2.21. The first kappa shape index (κ1) is 22.6. The van der Waals surface area contributed by atoms with E-state index in [1.54, 1.807) is 30.3 Å². The summed E-state index contributed by atoms with van der Waals surface area (Å²) >= 11 is 5.87. The second-order valence-electron chi connectivity index (χ2n) is 7.49. The Bertz CT molecular complexity index is 969. The Morgan fingerprint density at radius 3 is 2.27 bits per heavy atom. The molecule has 0 atom stereocenters. The van der Waals surface area contributed by atoms with Crippen LogP contribution in [0, 0.1) is 0 Å². The molecular formula is C22H27ClN2O4S. The van der Waals surface area contributed by atoms with Gasteiger partial charge in [0.05, 0.1) is 17.7 Å². The van der Waals surface area contributed by atoms with Crippen LogP contribution in [0.3, 0.4) is 0 Å². The van der Waals surface area contributed by atoms with Crippen LogP contribution in [0.15, 0.2) is 47.4 Å². The van der Waals surface area contributed by atoms with E-state index in [9.17, 15) is 13.2 Å². The number of benzene rings is 2. The summed E-state index contributed by atoms with van der Waals surface area (Å²) < 4.78 is 34.1. The summed E-state index contributed by atoms with van der Waals surface area (Å²) in [6.07, 6.45) is 7.24. The average Bonchev–Trinajstić information content (AvgIpc) is 2.70. The largest absolute Gasteiger partial charge is 0.495 e. The van der Waals surface area contributed by atoms with Gasteiger partial charge < -0.3 is 10.1 Å². The number of anilines is 1. The van der Waals surface area contributed by atoms with E-state index >= 15 is 0 Å². The molecular weight excluding hydrogens is 424 g/mol. The molecule has 0 saturated heterocycles. The lowest BCUT2D eigenvalue weighted by molar-refractivity contribution is 0.102. The fourth-order valence-corrected chi connectivity index (χ4v) is 5.07. The molecule has 2 N–H and O–H groups in total. The van der Waals surface area contributed by atoms with Gasteiger partial charge in [0.25, 0.3) is 5.91 Å². The Kier molecular flexibility index (Phi) is 7.75. The number of carbonyl (C=O) groups is 1. The number of ether oxygens (including phenoxy) is 1. The summed E-state index contributed by atoms with van der Waals surface area (Å²) in [6, 6.07) is 10.8. The maximum absolute atomic E-state index is 13.0. The maximum atomic E-state index is 13.0. The molecule has 6 nitrogen and oxygen atoms in total. The fraction of sp³-hybridized carbons (Fsp3) is 0.409. The molecule has 1 amide bonds. The van der Waals surface area contributed by atoms with E-state index < -0.39 is 10.0 Å². The first-order chi connectivity index (χ1) is 14.4. The van der Waals surface area contributed by atoms with Crippen molar-refractivity contribution in [2.45, 2.75) is 55.9 Å². The zero-order chi connectivity index (χ0) is 21.6. The van der Waals surface area contributed by atoms with E-state index in [0.717, 1.165) is 38.5 Å². The smallest absolute Gasteiger partial charge is 0.255 e. The van der Waals surface area contributed by atoms with Gasteiger partial charge in [-0.15, -0.1) is 0 Å². The van der Waals surface area contributed by atoms with Gasteiger partial charge in [-0.3, -0.25) is 4.79 Å². The minimum absolute atomic E-state index is 0.0653. The molecule has 8 heteroatoms. The van der Waals surface area contributed by atoms with Crippen LogP contribution in [0.5, 0.6) is 5.75 Å². The highest BCUT2D eigenvalue weighted by Gasteiger charge is 2.22. The number of rotatable bonds is 6. The molecule has 2 aromatic carbocycles. The maximum Gasteiger partial charge on any atom is 0.255 e. The van der Waals surface area contributed by atoms with E-state index in [2.05, 4.69) is 10.0 Å². The predicted octanol–water partition coefficient (Wildman–Crippen LogP) is 4.99. The number of amides is 1. The Labute approximate surface area is 183 Å². The minimum Gasteiger partial charge on any atom is -0.495 e. The van der Waals surface area contributed by atoms with Gasteiger partial charge in [0.15, 0.2) is 0 Å². The molecule has 0 aliphatic heterocycles. The van der Waals surface area contributed by atoms with Crippen LogP contribution in [0.1, 0.15) is 55.3 Å². The molecule has 0 aromatic heterocycles.